The van der Waals surface area contributed by atoms with E-state index in [-0.39, 0.29) is 5.91 Å². The molecule has 0 aliphatic rings. The van der Waals surface area contributed by atoms with E-state index in [1.165, 1.54) is 10.9 Å². The molecule has 5 heteroatoms. The summed E-state index contributed by atoms with van der Waals surface area (Å²) in [5.41, 5.74) is 4.69. The molecule has 0 unspecified atom stereocenters. The van der Waals surface area contributed by atoms with Crippen LogP contribution in [0.25, 0.3) is 21.9 Å². The van der Waals surface area contributed by atoms with Gasteiger partial charge in [-0.25, -0.2) is 4.98 Å². The second-order valence-electron chi connectivity index (χ2n) is 5.54. The summed E-state index contributed by atoms with van der Waals surface area (Å²) in [5.74, 6) is -0.0672. The minimum absolute atomic E-state index is 0.0672. The number of aromatic nitrogens is 3. The fourth-order valence-electron chi connectivity index (χ4n) is 2.75. The lowest BCUT2D eigenvalue weighted by Crippen LogP contribution is -2.25. The van der Waals surface area contributed by atoms with E-state index in [0.29, 0.717) is 12.1 Å². The fourth-order valence-corrected chi connectivity index (χ4v) is 2.75. The van der Waals surface area contributed by atoms with E-state index >= 15 is 0 Å². The summed E-state index contributed by atoms with van der Waals surface area (Å²) in [6, 6.07) is 13.8. The molecule has 0 aliphatic carbocycles. The zero-order chi connectivity index (χ0) is 15.6. The maximum absolute atomic E-state index is 12.2. The average Bonchev–Trinajstić information content (AvgIpc) is 3.22. The van der Waals surface area contributed by atoms with Crippen LogP contribution in [-0.4, -0.2) is 27.4 Å². The van der Waals surface area contributed by atoms with Gasteiger partial charge in [-0.3, -0.25) is 4.79 Å². The Kier molecular flexibility index (Phi) is 3.31. The van der Waals surface area contributed by atoms with Gasteiger partial charge in [-0.15, -0.1) is 0 Å². The standard InChI is InChI=1S/C18H16N4O/c23-18(14-3-4-15-17(10-14)22-11-21-15)20-7-5-12-1-2-13-6-8-19-16(13)9-12/h1-4,6,8-11,19H,5,7H2,(H,20,23)(H,21,22). The third-order valence-electron chi connectivity index (χ3n) is 4.00. The topological polar surface area (TPSA) is 73.6 Å². The van der Waals surface area contributed by atoms with Crippen molar-refractivity contribution in [2.24, 2.45) is 0 Å². The minimum atomic E-state index is -0.0672. The summed E-state index contributed by atoms with van der Waals surface area (Å²) in [4.78, 5) is 22.6. The van der Waals surface area contributed by atoms with E-state index in [1.807, 2.05) is 24.4 Å². The van der Waals surface area contributed by atoms with Crippen LogP contribution in [0.4, 0.5) is 0 Å². The van der Waals surface area contributed by atoms with Crippen LogP contribution in [0.1, 0.15) is 15.9 Å². The number of H-pyrrole nitrogens is 2. The molecule has 23 heavy (non-hydrogen) atoms. The van der Waals surface area contributed by atoms with Crippen LogP contribution in [0, 0.1) is 0 Å². The van der Waals surface area contributed by atoms with Crippen LogP contribution in [0.5, 0.6) is 0 Å². The first-order valence-corrected chi connectivity index (χ1v) is 7.57. The molecule has 0 saturated carbocycles. The molecule has 2 aromatic carbocycles. The molecule has 5 nitrogen and oxygen atoms in total. The smallest absolute Gasteiger partial charge is 0.251 e. The number of imidazole rings is 1. The van der Waals surface area contributed by atoms with Gasteiger partial charge in [0, 0.05) is 23.8 Å². The first kappa shape index (κ1) is 13.6. The Morgan fingerprint density at radius 2 is 2.00 bits per heavy atom. The van der Waals surface area contributed by atoms with E-state index in [4.69, 9.17) is 0 Å². The van der Waals surface area contributed by atoms with Gasteiger partial charge in [0.25, 0.3) is 5.91 Å². The van der Waals surface area contributed by atoms with Crippen LogP contribution in [0.2, 0.25) is 0 Å². The normalized spacial score (nSPS) is 11.1. The molecule has 1 amide bonds. The van der Waals surface area contributed by atoms with E-state index in [2.05, 4.69) is 38.5 Å². The van der Waals surface area contributed by atoms with Crippen LogP contribution in [0.15, 0.2) is 55.0 Å². The Hall–Kier alpha value is -3.08. The van der Waals surface area contributed by atoms with E-state index in [1.54, 1.807) is 12.4 Å². The highest BCUT2D eigenvalue weighted by atomic mass is 16.1. The van der Waals surface area contributed by atoms with Crippen molar-refractivity contribution in [2.75, 3.05) is 6.54 Å². The Balaban J connectivity index is 1.40. The highest BCUT2D eigenvalue weighted by Gasteiger charge is 2.07. The van der Waals surface area contributed by atoms with Crippen molar-refractivity contribution in [3.05, 3.63) is 66.1 Å². The summed E-state index contributed by atoms with van der Waals surface area (Å²) >= 11 is 0. The molecular formula is C18H16N4O. The predicted molar refractivity (Wildman–Crippen MR) is 90.4 cm³/mol. The maximum atomic E-state index is 12.2. The number of carbonyl (C=O) groups excluding carboxylic acids is 1. The number of fused-ring (bicyclic) bond motifs is 2. The van der Waals surface area contributed by atoms with Gasteiger partial charge in [-0.1, -0.05) is 12.1 Å². The molecule has 4 aromatic rings. The summed E-state index contributed by atoms with van der Waals surface area (Å²) in [7, 11) is 0. The number of benzene rings is 2. The van der Waals surface area contributed by atoms with Crippen molar-refractivity contribution in [1.82, 2.24) is 20.3 Å². The molecule has 114 valence electrons. The molecule has 0 saturated heterocycles. The second-order valence-corrected chi connectivity index (χ2v) is 5.54. The van der Waals surface area contributed by atoms with Gasteiger partial charge < -0.3 is 15.3 Å². The Labute approximate surface area is 132 Å². The molecule has 4 rings (SSSR count). The summed E-state index contributed by atoms with van der Waals surface area (Å²) in [6.45, 7) is 0.603. The van der Waals surface area contributed by atoms with E-state index < -0.39 is 0 Å². The average molecular weight is 304 g/mol. The monoisotopic (exact) mass is 304 g/mol. The van der Waals surface area contributed by atoms with Crippen LogP contribution >= 0.6 is 0 Å². The second kappa shape index (κ2) is 5.61. The third kappa shape index (κ3) is 2.68. The fraction of sp³-hybridized carbons (Fsp3) is 0.111. The first-order valence-electron chi connectivity index (χ1n) is 7.57. The lowest BCUT2D eigenvalue weighted by Gasteiger charge is -2.06. The van der Waals surface area contributed by atoms with E-state index in [9.17, 15) is 4.79 Å². The highest BCUT2D eigenvalue weighted by molar-refractivity contribution is 5.97. The number of nitrogens with one attached hydrogen (secondary N) is 3. The summed E-state index contributed by atoms with van der Waals surface area (Å²) in [5, 5.41) is 4.16. The largest absolute Gasteiger partial charge is 0.361 e. The summed E-state index contributed by atoms with van der Waals surface area (Å²) in [6.07, 6.45) is 4.36. The molecule has 2 heterocycles. The minimum Gasteiger partial charge on any atom is -0.361 e. The number of hydrogen-bond donors (Lipinski definition) is 3. The van der Waals surface area contributed by atoms with Crippen LogP contribution in [-0.2, 0) is 6.42 Å². The SMILES string of the molecule is O=C(NCCc1ccc2cc[nH]c2c1)c1ccc2nc[nH]c2c1. The van der Waals surface area contributed by atoms with Crippen LogP contribution in [0.3, 0.4) is 0 Å². The van der Waals surface area contributed by atoms with Gasteiger partial charge in [-0.2, -0.15) is 0 Å². The van der Waals surface area contributed by atoms with Gasteiger partial charge >= 0.3 is 0 Å². The quantitative estimate of drug-likeness (QED) is 0.542. The molecule has 3 N–H and O–H groups in total. The number of rotatable bonds is 4. The van der Waals surface area contributed by atoms with Gasteiger partial charge in [0.2, 0.25) is 0 Å². The summed E-state index contributed by atoms with van der Waals surface area (Å²) < 4.78 is 0. The lowest BCUT2D eigenvalue weighted by atomic mass is 10.1. The van der Waals surface area contributed by atoms with Crippen molar-refractivity contribution in [1.29, 1.82) is 0 Å². The molecular weight excluding hydrogens is 288 g/mol. The Morgan fingerprint density at radius 1 is 1.04 bits per heavy atom. The molecule has 0 fully saturated rings. The van der Waals surface area contributed by atoms with E-state index in [0.717, 1.165) is 23.0 Å². The van der Waals surface area contributed by atoms with Gasteiger partial charge in [0.1, 0.15) is 0 Å². The first-order chi connectivity index (χ1) is 11.3. The molecule has 0 radical (unpaired) electrons. The number of nitrogens with zero attached hydrogens (tertiary/aromatic N) is 1. The lowest BCUT2D eigenvalue weighted by molar-refractivity contribution is 0.0954. The van der Waals surface area contributed by atoms with Crippen molar-refractivity contribution >= 4 is 27.8 Å². The zero-order valence-corrected chi connectivity index (χ0v) is 12.5. The van der Waals surface area contributed by atoms with Gasteiger partial charge in [0.15, 0.2) is 0 Å². The predicted octanol–water partition coefficient (Wildman–Crippen LogP) is 3.02. The van der Waals surface area contributed by atoms with Gasteiger partial charge in [-0.05, 0) is 47.7 Å². The van der Waals surface area contributed by atoms with Crippen LogP contribution < -0.4 is 5.32 Å². The Bertz CT molecular complexity index is 983. The number of aromatic amines is 2. The molecule has 0 spiro atoms. The van der Waals surface area contributed by atoms with Crippen molar-refractivity contribution in [3.63, 3.8) is 0 Å². The highest BCUT2D eigenvalue weighted by Crippen LogP contribution is 2.14. The maximum Gasteiger partial charge on any atom is 0.251 e. The van der Waals surface area contributed by atoms with Crippen molar-refractivity contribution in [2.45, 2.75) is 6.42 Å². The molecule has 2 aromatic heterocycles. The number of hydrogen-bond acceptors (Lipinski definition) is 2. The van der Waals surface area contributed by atoms with Crippen molar-refractivity contribution < 1.29 is 4.79 Å². The molecule has 0 aliphatic heterocycles. The molecule has 0 atom stereocenters. The Morgan fingerprint density at radius 3 is 2.96 bits per heavy atom. The van der Waals surface area contributed by atoms with Gasteiger partial charge in [0.05, 0.1) is 17.4 Å². The zero-order valence-electron chi connectivity index (χ0n) is 12.5. The number of amides is 1. The van der Waals surface area contributed by atoms with Crippen molar-refractivity contribution in [3.8, 4) is 0 Å². The third-order valence-corrected chi connectivity index (χ3v) is 4.00. The number of carbonyl (C=O) groups is 1. The molecule has 0 bridgehead atoms.